The van der Waals surface area contributed by atoms with Crippen molar-refractivity contribution in [2.75, 3.05) is 26.9 Å². The van der Waals surface area contributed by atoms with Crippen LogP contribution in [0.25, 0.3) is 0 Å². The van der Waals surface area contributed by atoms with Crippen molar-refractivity contribution in [3.8, 4) is 5.75 Å². The highest BCUT2D eigenvalue weighted by atomic mass is 32.2. The monoisotopic (exact) mass is 383 g/mol. The van der Waals surface area contributed by atoms with Crippen LogP contribution in [0.1, 0.15) is 51.2 Å². The molecule has 1 aromatic carbocycles. The van der Waals surface area contributed by atoms with Crippen LogP contribution in [0, 0.1) is 19.3 Å². The second-order valence-electron chi connectivity index (χ2n) is 8.43. The minimum absolute atomic E-state index is 0.0710. The zero-order chi connectivity index (χ0) is 19.5. The number of hydrogen-bond donors (Lipinski definition) is 0. The third-order valence-electron chi connectivity index (χ3n) is 4.65. The van der Waals surface area contributed by atoms with Gasteiger partial charge in [0, 0.05) is 12.6 Å². The molecule has 5 nitrogen and oxygen atoms in total. The number of ether oxygens (including phenoxy) is 2. The molecule has 0 N–H and O–H groups in total. The molecule has 0 bridgehead atoms. The molecule has 0 amide bonds. The summed E-state index contributed by atoms with van der Waals surface area (Å²) in [6.07, 6.45) is 2.77. The third-order valence-corrected chi connectivity index (χ3v) is 6.91. The molecule has 1 heterocycles. The second-order valence-corrected chi connectivity index (χ2v) is 10.3. The molecule has 1 aromatic rings. The zero-order valence-electron chi connectivity index (χ0n) is 17.0. The average molecular weight is 384 g/mol. The van der Waals surface area contributed by atoms with Crippen molar-refractivity contribution in [3.63, 3.8) is 0 Å². The van der Waals surface area contributed by atoms with E-state index in [0.717, 1.165) is 30.4 Å². The summed E-state index contributed by atoms with van der Waals surface area (Å²) in [7, 11) is -1.97. The Balaban J connectivity index is 2.28. The maximum absolute atomic E-state index is 13.4. The quantitative estimate of drug-likeness (QED) is 0.747. The number of hydrogen-bond acceptors (Lipinski definition) is 4. The maximum Gasteiger partial charge on any atom is 0.243 e. The van der Waals surface area contributed by atoms with Crippen LogP contribution in [0.2, 0.25) is 0 Å². The summed E-state index contributed by atoms with van der Waals surface area (Å²) >= 11 is 0. The lowest BCUT2D eigenvalue weighted by Gasteiger charge is -2.35. The Morgan fingerprint density at radius 2 is 1.77 bits per heavy atom. The van der Waals surface area contributed by atoms with Crippen LogP contribution in [-0.4, -0.2) is 45.6 Å². The first kappa shape index (κ1) is 21.2. The van der Waals surface area contributed by atoms with Crippen molar-refractivity contribution in [2.45, 2.75) is 64.8 Å². The third kappa shape index (κ3) is 4.99. The molecule has 1 saturated heterocycles. The summed E-state index contributed by atoms with van der Waals surface area (Å²) in [6, 6.07) is 3.47. The van der Waals surface area contributed by atoms with Gasteiger partial charge in [-0.3, -0.25) is 0 Å². The molecular weight excluding hydrogens is 350 g/mol. The number of rotatable bonds is 6. The van der Waals surface area contributed by atoms with Gasteiger partial charge in [-0.1, -0.05) is 27.2 Å². The van der Waals surface area contributed by atoms with E-state index >= 15 is 0 Å². The number of aryl methyl sites for hydroxylation is 2. The van der Waals surface area contributed by atoms with Gasteiger partial charge in [0.25, 0.3) is 0 Å². The summed E-state index contributed by atoms with van der Waals surface area (Å²) in [6.45, 7) is 11.6. The highest BCUT2D eigenvalue weighted by molar-refractivity contribution is 7.89. The molecule has 2 rings (SSSR count). The fourth-order valence-electron chi connectivity index (χ4n) is 3.51. The fourth-order valence-corrected chi connectivity index (χ4v) is 5.61. The first-order valence-corrected chi connectivity index (χ1v) is 10.7. The van der Waals surface area contributed by atoms with Gasteiger partial charge in [-0.2, -0.15) is 4.31 Å². The van der Waals surface area contributed by atoms with Crippen molar-refractivity contribution in [1.29, 1.82) is 0 Å². The zero-order valence-corrected chi connectivity index (χ0v) is 17.8. The normalized spacial score (nSPS) is 19.5. The van der Waals surface area contributed by atoms with E-state index in [2.05, 4.69) is 20.8 Å². The number of nitrogens with zero attached hydrogens (tertiary/aromatic N) is 1. The Morgan fingerprint density at radius 3 is 2.31 bits per heavy atom. The van der Waals surface area contributed by atoms with E-state index in [1.807, 2.05) is 13.8 Å². The van der Waals surface area contributed by atoms with E-state index in [-0.39, 0.29) is 11.5 Å². The van der Waals surface area contributed by atoms with E-state index in [1.54, 1.807) is 23.5 Å². The number of sulfonamides is 1. The van der Waals surface area contributed by atoms with E-state index < -0.39 is 10.0 Å². The van der Waals surface area contributed by atoms with Crippen LogP contribution < -0.4 is 4.74 Å². The molecule has 1 fully saturated rings. The molecule has 1 unspecified atom stereocenters. The molecule has 0 aromatic heterocycles. The molecule has 0 aliphatic carbocycles. The molecule has 148 valence electrons. The minimum atomic E-state index is -3.57. The van der Waals surface area contributed by atoms with Gasteiger partial charge in [-0.25, -0.2) is 8.42 Å². The first-order chi connectivity index (χ1) is 12.1. The lowest BCUT2D eigenvalue weighted by atomic mass is 9.98. The predicted octanol–water partition coefficient (Wildman–Crippen LogP) is 3.92. The SMILES string of the molecule is COc1cc(C)c(S(=O)(=O)N2CCCCC2COCC(C)(C)C)c(C)c1. The van der Waals surface area contributed by atoms with Gasteiger partial charge in [0.1, 0.15) is 5.75 Å². The molecule has 0 radical (unpaired) electrons. The minimum Gasteiger partial charge on any atom is -0.497 e. The molecule has 0 spiro atoms. The van der Waals surface area contributed by atoms with Crippen LogP contribution in [0.3, 0.4) is 0 Å². The van der Waals surface area contributed by atoms with Gasteiger partial charge in [-0.05, 0) is 55.4 Å². The topological polar surface area (TPSA) is 55.8 Å². The van der Waals surface area contributed by atoms with Crippen molar-refractivity contribution >= 4 is 10.0 Å². The summed E-state index contributed by atoms with van der Waals surface area (Å²) in [5, 5.41) is 0. The summed E-state index contributed by atoms with van der Waals surface area (Å²) in [5.41, 5.74) is 1.52. The number of benzene rings is 1. The molecule has 1 aliphatic heterocycles. The van der Waals surface area contributed by atoms with Crippen molar-refractivity contribution in [2.24, 2.45) is 5.41 Å². The lowest BCUT2D eigenvalue weighted by molar-refractivity contribution is 0.0339. The van der Waals surface area contributed by atoms with E-state index in [0.29, 0.717) is 30.4 Å². The van der Waals surface area contributed by atoms with Gasteiger partial charge >= 0.3 is 0 Å². The van der Waals surface area contributed by atoms with E-state index in [1.165, 1.54) is 0 Å². The molecule has 6 heteroatoms. The number of methoxy groups -OCH3 is 1. The molecule has 26 heavy (non-hydrogen) atoms. The van der Waals surface area contributed by atoms with E-state index in [4.69, 9.17) is 9.47 Å². The van der Waals surface area contributed by atoms with Crippen LogP contribution in [-0.2, 0) is 14.8 Å². The Morgan fingerprint density at radius 1 is 1.15 bits per heavy atom. The van der Waals surface area contributed by atoms with Crippen LogP contribution in [0.4, 0.5) is 0 Å². The predicted molar refractivity (Wildman–Crippen MR) is 104 cm³/mol. The van der Waals surface area contributed by atoms with Crippen LogP contribution >= 0.6 is 0 Å². The van der Waals surface area contributed by atoms with Gasteiger partial charge in [0.2, 0.25) is 10.0 Å². The Labute approximate surface area is 158 Å². The van der Waals surface area contributed by atoms with Gasteiger partial charge < -0.3 is 9.47 Å². The van der Waals surface area contributed by atoms with Crippen molar-refractivity contribution in [1.82, 2.24) is 4.31 Å². The highest BCUT2D eigenvalue weighted by Gasteiger charge is 2.35. The summed E-state index contributed by atoms with van der Waals surface area (Å²) < 4.78 is 39.6. The van der Waals surface area contributed by atoms with Crippen LogP contribution in [0.15, 0.2) is 17.0 Å². The lowest BCUT2D eigenvalue weighted by Crippen LogP contribution is -2.46. The van der Waals surface area contributed by atoms with Gasteiger partial charge in [0.05, 0.1) is 25.2 Å². The summed E-state index contributed by atoms with van der Waals surface area (Å²) in [5.74, 6) is 0.683. The maximum atomic E-state index is 13.4. The summed E-state index contributed by atoms with van der Waals surface area (Å²) in [4.78, 5) is 0.404. The van der Waals surface area contributed by atoms with E-state index in [9.17, 15) is 8.42 Å². The molecule has 0 saturated carbocycles. The highest BCUT2D eigenvalue weighted by Crippen LogP contribution is 2.32. The Hall–Kier alpha value is -1.11. The Kier molecular flexibility index (Phi) is 6.75. The van der Waals surface area contributed by atoms with Crippen molar-refractivity contribution in [3.05, 3.63) is 23.3 Å². The second kappa shape index (κ2) is 8.28. The largest absolute Gasteiger partial charge is 0.497 e. The standard InChI is InChI=1S/C20H33NO4S/c1-15-11-18(24-6)12-16(2)19(15)26(22,23)21-10-8-7-9-17(21)13-25-14-20(3,4)5/h11-12,17H,7-10,13-14H2,1-6H3. The molecular formula is C20H33NO4S. The molecule has 1 atom stereocenters. The average Bonchev–Trinajstić information content (AvgIpc) is 2.53. The smallest absolute Gasteiger partial charge is 0.243 e. The fraction of sp³-hybridized carbons (Fsp3) is 0.700. The Bertz CT molecular complexity index is 699. The first-order valence-electron chi connectivity index (χ1n) is 9.31. The molecule has 1 aliphatic rings. The van der Waals surface area contributed by atoms with Crippen molar-refractivity contribution < 1.29 is 17.9 Å². The van der Waals surface area contributed by atoms with Gasteiger partial charge in [0.15, 0.2) is 0 Å². The van der Waals surface area contributed by atoms with Crippen LogP contribution in [0.5, 0.6) is 5.75 Å². The number of piperidine rings is 1. The van der Waals surface area contributed by atoms with Gasteiger partial charge in [-0.15, -0.1) is 0 Å².